The average molecular weight is 422 g/mol. The minimum atomic E-state index is -0.312. The van der Waals surface area contributed by atoms with Gasteiger partial charge in [0.2, 0.25) is 0 Å². The van der Waals surface area contributed by atoms with Crippen molar-refractivity contribution in [2.45, 2.75) is 20.4 Å². The zero-order valence-corrected chi connectivity index (χ0v) is 18.4. The number of thiocarbonyl (C=S) groups is 1. The van der Waals surface area contributed by atoms with Gasteiger partial charge in [0, 0.05) is 12.2 Å². The Morgan fingerprint density at radius 2 is 1.63 bits per heavy atom. The van der Waals surface area contributed by atoms with Crippen LogP contribution in [0.25, 0.3) is 10.8 Å². The molecule has 0 saturated carbocycles. The van der Waals surface area contributed by atoms with Crippen molar-refractivity contribution in [1.29, 1.82) is 0 Å². The second-order valence-corrected chi connectivity index (χ2v) is 7.37. The van der Waals surface area contributed by atoms with Gasteiger partial charge in [0.1, 0.15) is 5.75 Å². The van der Waals surface area contributed by atoms with Crippen molar-refractivity contribution in [2.75, 3.05) is 25.5 Å². The molecule has 0 heterocycles. The van der Waals surface area contributed by atoms with E-state index >= 15 is 0 Å². The van der Waals surface area contributed by atoms with Crippen molar-refractivity contribution in [3.63, 3.8) is 0 Å². The van der Waals surface area contributed by atoms with Crippen molar-refractivity contribution in [3.8, 4) is 5.75 Å². The van der Waals surface area contributed by atoms with E-state index in [0.29, 0.717) is 11.3 Å². The van der Waals surface area contributed by atoms with Gasteiger partial charge in [0.15, 0.2) is 5.11 Å². The van der Waals surface area contributed by atoms with Crippen LogP contribution in [0.15, 0.2) is 60.7 Å². The van der Waals surface area contributed by atoms with Crippen LogP contribution >= 0.6 is 12.2 Å². The Morgan fingerprint density at radius 3 is 2.23 bits per heavy atom. The van der Waals surface area contributed by atoms with E-state index < -0.39 is 0 Å². The molecule has 0 spiro atoms. The number of benzene rings is 3. The summed E-state index contributed by atoms with van der Waals surface area (Å²) in [4.78, 5) is 15.1. The van der Waals surface area contributed by atoms with Crippen LogP contribution in [-0.4, -0.2) is 36.1 Å². The van der Waals surface area contributed by atoms with Gasteiger partial charge >= 0.3 is 0 Å². The molecule has 0 aliphatic carbocycles. The summed E-state index contributed by atoms with van der Waals surface area (Å²) in [5, 5.41) is 8.03. The number of carbonyl (C=O) groups excluding carboxylic acids is 1. The van der Waals surface area contributed by atoms with Crippen molar-refractivity contribution >= 4 is 39.7 Å². The smallest absolute Gasteiger partial charge is 0.261 e. The lowest BCUT2D eigenvalue weighted by molar-refractivity contribution is 0.0975. The molecule has 0 unspecified atom stereocenters. The fourth-order valence-electron chi connectivity index (χ4n) is 3.30. The molecule has 0 bridgehead atoms. The lowest BCUT2D eigenvalue weighted by Crippen LogP contribution is -2.34. The number of carbonyl (C=O) groups is 1. The van der Waals surface area contributed by atoms with E-state index in [1.54, 1.807) is 7.11 Å². The second kappa shape index (κ2) is 10.2. The maximum Gasteiger partial charge on any atom is 0.261 e. The Labute approximate surface area is 183 Å². The largest absolute Gasteiger partial charge is 0.496 e. The highest BCUT2D eigenvalue weighted by Gasteiger charge is 2.15. The molecule has 0 aliphatic rings. The number of rotatable bonds is 7. The van der Waals surface area contributed by atoms with Crippen LogP contribution in [0.4, 0.5) is 5.69 Å². The number of nitrogens with zero attached hydrogens (tertiary/aromatic N) is 1. The number of methoxy groups -OCH3 is 1. The highest BCUT2D eigenvalue weighted by molar-refractivity contribution is 7.80. The summed E-state index contributed by atoms with van der Waals surface area (Å²) >= 11 is 5.34. The van der Waals surface area contributed by atoms with Gasteiger partial charge in [-0.1, -0.05) is 50.2 Å². The zero-order chi connectivity index (χ0) is 21.5. The molecule has 30 heavy (non-hydrogen) atoms. The number of hydrogen-bond donors (Lipinski definition) is 2. The molecule has 3 aromatic rings. The van der Waals surface area contributed by atoms with Crippen LogP contribution in [-0.2, 0) is 6.54 Å². The van der Waals surface area contributed by atoms with E-state index in [1.807, 2.05) is 48.5 Å². The molecule has 1 amide bonds. The minimum absolute atomic E-state index is 0.242. The first kappa shape index (κ1) is 21.7. The predicted octanol–water partition coefficient (Wildman–Crippen LogP) is 4.82. The molecule has 156 valence electrons. The molecule has 0 atom stereocenters. The Hall–Kier alpha value is -2.96. The van der Waals surface area contributed by atoms with E-state index in [9.17, 15) is 4.79 Å². The Morgan fingerprint density at radius 1 is 1.00 bits per heavy atom. The molecule has 2 N–H and O–H groups in total. The van der Waals surface area contributed by atoms with Gasteiger partial charge in [-0.25, -0.2) is 0 Å². The fraction of sp³-hybridized carbons (Fsp3) is 0.250. The van der Waals surface area contributed by atoms with Gasteiger partial charge in [-0.05, 0) is 65.9 Å². The highest BCUT2D eigenvalue weighted by Crippen LogP contribution is 2.26. The van der Waals surface area contributed by atoms with Gasteiger partial charge in [0.25, 0.3) is 5.91 Å². The SMILES string of the molecule is CCN(CC)Cc1ccc(NC(=S)NC(=O)c2cc3ccccc3cc2OC)cc1. The molecule has 0 radical (unpaired) electrons. The summed E-state index contributed by atoms with van der Waals surface area (Å²) in [5.74, 6) is 0.197. The van der Waals surface area contributed by atoms with Crippen molar-refractivity contribution in [1.82, 2.24) is 10.2 Å². The lowest BCUT2D eigenvalue weighted by atomic mass is 10.1. The van der Waals surface area contributed by atoms with E-state index in [0.717, 1.165) is 36.1 Å². The molecule has 0 aliphatic heterocycles. The molecule has 3 rings (SSSR count). The van der Waals surface area contributed by atoms with E-state index in [1.165, 1.54) is 5.56 Å². The van der Waals surface area contributed by atoms with Crippen LogP contribution in [0.1, 0.15) is 29.8 Å². The fourth-order valence-corrected chi connectivity index (χ4v) is 3.51. The number of nitrogens with one attached hydrogen (secondary N) is 2. The lowest BCUT2D eigenvalue weighted by Gasteiger charge is -2.18. The first-order valence-corrected chi connectivity index (χ1v) is 10.4. The number of ether oxygens (including phenoxy) is 1. The van der Waals surface area contributed by atoms with Gasteiger partial charge in [-0.15, -0.1) is 0 Å². The van der Waals surface area contributed by atoms with Crippen LogP contribution in [0, 0.1) is 0 Å². The van der Waals surface area contributed by atoms with Crippen LogP contribution < -0.4 is 15.4 Å². The first-order valence-electron chi connectivity index (χ1n) is 10.0. The number of anilines is 1. The summed E-state index contributed by atoms with van der Waals surface area (Å²) in [6.07, 6.45) is 0. The topological polar surface area (TPSA) is 53.6 Å². The molecule has 5 nitrogen and oxygen atoms in total. The zero-order valence-electron chi connectivity index (χ0n) is 17.6. The van der Waals surface area contributed by atoms with Gasteiger partial charge < -0.3 is 10.1 Å². The molecular formula is C24H27N3O2S. The quantitative estimate of drug-likeness (QED) is 0.536. The van der Waals surface area contributed by atoms with E-state index in [-0.39, 0.29) is 11.0 Å². The third-order valence-corrected chi connectivity index (χ3v) is 5.26. The van der Waals surface area contributed by atoms with Crippen LogP contribution in [0.2, 0.25) is 0 Å². The summed E-state index contributed by atoms with van der Waals surface area (Å²) in [7, 11) is 1.55. The van der Waals surface area contributed by atoms with Gasteiger partial charge in [0.05, 0.1) is 12.7 Å². The van der Waals surface area contributed by atoms with Crippen LogP contribution in [0.3, 0.4) is 0 Å². The first-order chi connectivity index (χ1) is 14.5. The van der Waals surface area contributed by atoms with E-state index in [2.05, 4.69) is 41.5 Å². The number of fused-ring (bicyclic) bond motifs is 1. The molecule has 0 aromatic heterocycles. The average Bonchev–Trinajstić information content (AvgIpc) is 2.77. The normalized spacial score (nSPS) is 10.8. The van der Waals surface area contributed by atoms with Crippen molar-refractivity contribution < 1.29 is 9.53 Å². The molecule has 0 fully saturated rings. The second-order valence-electron chi connectivity index (χ2n) is 6.97. The summed E-state index contributed by atoms with van der Waals surface area (Å²) in [6, 6.07) is 19.6. The standard InChI is InChI=1S/C24H27N3O2S/c1-4-27(5-2)16-17-10-12-20(13-11-17)25-24(30)26-23(28)21-14-18-8-6-7-9-19(18)15-22(21)29-3/h6-15H,4-5,16H2,1-3H3,(H2,25,26,28,30). The van der Waals surface area contributed by atoms with Crippen LogP contribution in [0.5, 0.6) is 5.75 Å². The molecule has 6 heteroatoms. The Kier molecular flexibility index (Phi) is 7.38. The third-order valence-electron chi connectivity index (χ3n) is 5.05. The number of hydrogen-bond acceptors (Lipinski definition) is 4. The maximum absolute atomic E-state index is 12.8. The molecule has 3 aromatic carbocycles. The minimum Gasteiger partial charge on any atom is -0.496 e. The highest BCUT2D eigenvalue weighted by atomic mass is 32.1. The molecular weight excluding hydrogens is 394 g/mol. The Bertz CT molecular complexity index is 1030. The summed E-state index contributed by atoms with van der Waals surface area (Å²) in [6.45, 7) is 7.27. The summed E-state index contributed by atoms with van der Waals surface area (Å²) in [5.41, 5.74) is 2.50. The van der Waals surface area contributed by atoms with Crippen molar-refractivity contribution in [3.05, 3.63) is 71.8 Å². The summed E-state index contributed by atoms with van der Waals surface area (Å²) < 4.78 is 5.41. The van der Waals surface area contributed by atoms with Gasteiger partial charge in [-0.2, -0.15) is 0 Å². The monoisotopic (exact) mass is 421 g/mol. The molecule has 0 saturated heterocycles. The predicted molar refractivity (Wildman–Crippen MR) is 127 cm³/mol. The number of amides is 1. The third kappa shape index (κ3) is 5.34. The maximum atomic E-state index is 12.8. The van der Waals surface area contributed by atoms with E-state index in [4.69, 9.17) is 17.0 Å². The van der Waals surface area contributed by atoms with Gasteiger partial charge in [-0.3, -0.25) is 15.0 Å². The van der Waals surface area contributed by atoms with Crippen molar-refractivity contribution in [2.24, 2.45) is 0 Å². The Balaban J connectivity index is 1.66.